The van der Waals surface area contributed by atoms with Crippen molar-refractivity contribution in [2.75, 3.05) is 27.2 Å². The van der Waals surface area contributed by atoms with Crippen molar-refractivity contribution in [2.24, 2.45) is 5.92 Å². The number of carbonyl (C=O) groups excluding carboxylic acids is 2. The van der Waals surface area contributed by atoms with E-state index in [2.05, 4.69) is 10.3 Å². The summed E-state index contributed by atoms with van der Waals surface area (Å²) in [7, 11) is 3.57. The maximum atomic E-state index is 12.1. The van der Waals surface area contributed by atoms with Crippen molar-refractivity contribution < 1.29 is 9.59 Å². The average molecular weight is 324 g/mol. The molecular formula is C15H24N4O2S. The number of aromatic nitrogens is 1. The Hall–Kier alpha value is -1.63. The van der Waals surface area contributed by atoms with Gasteiger partial charge in [-0.05, 0) is 25.7 Å². The maximum absolute atomic E-state index is 12.1. The molecule has 0 radical (unpaired) electrons. The number of rotatable bonds is 4. The number of likely N-dealkylation sites (tertiary alicyclic amines) is 1. The molecule has 0 saturated carbocycles. The summed E-state index contributed by atoms with van der Waals surface area (Å²) in [4.78, 5) is 32.7. The minimum atomic E-state index is -0.0368. The van der Waals surface area contributed by atoms with E-state index in [1.807, 2.05) is 18.0 Å². The Balaban J connectivity index is 1.71. The van der Waals surface area contributed by atoms with Crippen LogP contribution in [0.15, 0.2) is 6.20 Å². The van der Waals surface area contributed by atoms with Crippen molar-refractivity contribution in [1.29, 1.82) is 0 Å². The molecule has 0 spiro atoms. The van der Waals surface area contributed by atoms with E-state index >= 15 is 0 Å². The first-order valence-electron chi connectivity index (χ1n) is 7.60. The molecular weight excluding hydrogens is 300 g/mol. The number of carbonyl (C=O) groups is 2. The maximum Gasteiger partial charge on any atom is 0.317 e. The molecule has 1 N–H and O–H groups in total. The van der Waals surface area contributed by atoms with Gasteiger partial charge in [0.15, 0.2) is 0 Å². The summed E-state index contributed by atoms with van der Waals surface area (Å²) in [6.07, 6.45) is 4.19. The number of aryl methyl sites for hydroxylation is 1. The van der Waals surface area contributed by atoms with Crippen molar-refractivity contribution in [3.63, 3.8) is 0 Å². The van der Waals surface area contributed by atoms with Gasteiger partial charge in [0.1, 0.15) is 5.01 Å². The number of urea groups is 1. The fraction of sp³-hybridized carbons (Fsp3) is 0.667. The third kappa shape index (κ3) is 4.69. The highest BCUT2D eigenvalue weighted by atomic mass is 32.1. The molecule has 2 rings (SSSR count). The molecule has 0 atom stereocenters. The molecule has 0 aliphatic carbocycles. The van der Waals surface area contributed by atoms with Gasteiger partial charge < -0.3 is 15.1 Å². The Morgan fingerprint density at radius 1 is 1.41 bits per heavy atom. The lowest BCUT2D eigenvalue weighted by Crippen LogP contribution is -2.44. The molecule has 22 heavy (non-hydrogen) atoms. The van der Waals surface area contributed by atoms with Gasteiger partial charge in [0.25, 0.3) is 0 Å². The van der Waals surface area contributed by atoms with E-state index in [0.717, 1.165) is 22.7 Å². The van der Waals surface area contributed by atoms with Crippen molar-refractivity contribution in [1.82, 2.24) is 20.1 Å². The molecule has 1 aromatic rings. The molecule has 7 heteroatoms. The third-order valence-electron chi connectivity index (χ3n) is 3.92. The summed E-state index contributed by atoms with van der Waals surface area (Å²) in [5, 5.41) is 3.84. The topological polar surface area (TPSA) is 65.5 Å². The summed E-state index contributed by atoms with van der Waals surface area (Å²) in [6, 6.07) is -0.0368. The van der Waals surface area contributed by atoms with E-state index in [0.29, 0.717) is 32.0 Å². The Labute approximate surface area is 135 Å². The third-order valence-corrected chi connectivity index (χ3v) is 4.84. The largest absolute Gasteiger partial charge is 0.349 e. The monoisotopic (exact) mass is 324 g/mol. The fourth-order valence-electron chi connectivity index (χ4n) is 2.52. The van der Waals surface area contributed by atoms with Crippen molar-refractivity contribution in [2.45, 2.75) is 32.7 Å². The van der Waals surface area contributed by atoms with Crippen LogP contribution in [0.4, 0.5) is 4.79 Å². The summed E-state index contributed by atoms with van der Waals surface area (Å²) in [5.74, 6) is 0.558. The van der Waals surface area contributed by atoms with Crippen LogP contribution in [-0.4, -0.2) is 53.9 Å². The number of thiazole rings is 1. The molecule has 6 nitrogen and oxygen atoms in total. The number of nitrogens with zero attached hydrogens (tertiary/aromatic N) is 3. The Bertz CT molecular complexity index is 521. The van der Waals surface area contributed by atoms with Gasteiger partial charge in [-0.25, -0.2) is 9.78 Å². The smallest absolute Gasteiger partial charge is 0.317 e. The fourth-order valence-corrected chi connectivity index (χ4v) is 3.24. The Kier molecular flexibility index (Phi) is 5.76. The van der Waals surface area contributed by atoms with Crippen molar-refractivity contribution >= 4 is 23.3 Å². The second-order valence-corrected chi connectivity index (χ2v) is 7.27. The predicted molar refractivity (Wildman–Crippen MR) is 86.7 cm³/mol. The summed E-state index contributed by atoms with van der Waals surface area (Å²) >= 11 is 1.60. The minimum absolute atomic E-state index is 0.0368. The van der Waals surface area contributed by atoms with E-state index in [4.69, 9.17) is 0 Å². The lowest BCUT2D eigenvalue weighted by atomic mass is 9.93. The molecule has 1 aliphatic rings. The highest BCUT2D eigenvalue weighted by Gasteiger charge is 2.24. The van der Waals surface area contributed by atoms with Crippen LogP contribution >= 0.6 is 11.3 Å². The normalized spacial score (nSPS) is 15.7. The second kappa shape index (κ2) is 7.58. The van der Waals surface area contributed by atoms with E-state index in [1.165, 1.54) is 0 Å². The lowest BCUT2D eigenvalue weighted by Gasteiger charge is -2.32. The standard InChI is InChI=1S/C15H24N4O2S/c1-11-9-16-13(22-11)10-17-15(21)19-6-4-12(5-7-19)8-14(20)18(2)3/h9,12H,4-8,10H2,1-3H3,(H,17,21). The molecule has 1 fully saturated rings. The van der Waals surface area contributed by atoms with E-state index in [1.54, 1.807) is 30.3 Å². The van der Waals surface area contributed by atoms with Crippen LogP contribution in [0.2, 0.25) is 0 Å². The van der Waals surface area contributed by atoms with Crippen LogP contribution < -0.4 is 5.32 Å². The van der Waals surface area contributed by atoms with Gasteiger partial charge in [-0.15, -0.1) is 11.3 Å². The SMILES string of the molecule is Cc1cnc(CNC(=O)N2CCC(CC(=O)N(C)C)CC2)s1. The Morgan fingerprint density at radius 2 is 2.09 bits per heavy atom. The van der Waals surface area contributed by atoms with Crippen LogP contribution in [0, 0.1) is 12.8 Å². The highest BCUT2D eigenvalue weighted by molar-refractivity contribution is 7.11. The zero-order valence-electron chi connectivity index (χ0n) is 13.5. The quantitative estimate of drug-likeness (QED) is 0.919. The molecule has 0 bridgehead atoms. The van der Waals surface area contributed by atoms with E-state index in [-0.39, 0.29) is 11.9 Å². The van der Waals surface area contributed by atoms with Crippen LogP contribution in [0.3, 0.4) is 0 Å². The van der Waals surface area contributed by atoms with E-state index < -0.39 is 0 Å². The second-order valence-electron chi connectivity index (χ2n) is 5.95. The number of piperidine rings is 1. The number of amides is 3. The average Bonchev–Trinajstić information content (AvgIpc) is 2.91. The van der Waals surface area contributed by atoms with Gasteiger partial charge in [-0.3, -0.25) is 4.79 Å². The minimum Gasteiger partial charge on any atom is -0.349 e. The first kappa shape index (κ1) is 16.7. The molecule has 3 amide bonds. The molecule has 1 aliphatic heterocycles. The predicted octanol–water partition coefficient (Wildman–Crippen LogP) is 1.85. The first-order valence-corrected chi connectivity index (χ1v) is 8.41. The van der Waals surface area contributed by atoms with Crippen molar-refractivity contribution in [3.8, 4) is 0 Å². The molecule has 122 valence electrons. The summed E-state index contributed by atoms with van der Waals surface area (Å²) in [6.45, 7) is 3.92. The zero-order valence-corrected chi connectivity index (χ0v) is 14.3. The number of nitrogens with one attached hydrogen (secondary N) is 1. The zero-order chi connectivity index (χ0) is 16.1. The Morgan fingerprint density at radius 3 is 2.64 bits per heavy atom. The molecule has 1 saturated heterocycles. The number of hydrogen-bond acceptors (Lipinski definition) is 4. The van der Waals surface area contributed by atoms with Crippen LogP contribution in [0.1, 0.15) is 29.1 Å². The highest BCUT2D eigenvalue weighted by Crippen LogP contribution is 2.21. The lowest BCUT2D eigenvalue weighted by molar-refractivity contribution is -0.129. The van der Waals surface area contributed by atoms with Gasteiger partial charge in [-0.2, -0.15) is 0 Å². The van der Waals surface area contributed by atoms with Gasteiger partial charge in [0, 0.05) is 44.7 Å². The van der Waals surface area contributed by atoms with Crippen LogP contribution in [0.5, 0.6) is 0 Å². The summed E-state index contributed by atoms with van der Waals surface area (Å²) in [5.41, 5.74) is 0. The van der Waals surface area contributed by atoms with Gasteiger partial charge in [0.2, 0.25) is 5.91 Å². The van der Waals surface area contributed by atoms with Crippen molar-refractivity contribution in [3.05, 3.63) is 16.1 Å². The van der Waals surface area contributed by atoms with Gasteiger partial charge >= 0.3 is 6.03 Å². The molecule has 2 heterocycles. The van der Waals surface area contributed by atoms with Crippen LogP contribution in [-0.2, 0) is 11.3 Å². The molecule has 0 unspecified atom stereocenters. The first-order chi connectivity index (χ1) is 10.5. The van der Waals surface area contributed by atoms with Crippen LogP contribution in [0.25, 0.3) is 0 Å². The van der Waals surface area contributed by atoms with Gasteiger partial charge in [-0.1, -0.05) is 0 Å². The summed E-state index contributed by atoms with van der Waals surface area (Å²) < 4.78 is 0. The van der Waals surface area contributed by atoms with E-state index in [9.17, 15) is 9.59 Å². The molecule has 1 aromatic heterocycles. The van der Waals surface area contributed by atoms with Gasteiger partial charge in [0.05, 0.1) is 6.54 Å². The molecule has 0 aromatic carbocycles. The number of hydrogen-bond donors (Lipinski definition) is 1.